The maximum Gasteiger partial charge on any atom is 0.417 e. The highest BCUT2D eigenvalue weighted by atomic mass is 19.4. The lowest BCUT2D eigenvalue weighted by atomic mass is 9.90. The van der Waals surface area contributed by atoms with Crippen LogP contribution in [0.4, 0.5) is 26.3 Å². The first-order valence-electron chi connectivity index (χ1n) is 15.7. The molecule has 0 radical (unpaired) electrons. The summed E-state index contributed by atoms with van der Waals surface area (Å²) in [6, 6.07) is 34.1. The first-order chi connectivity index (χ1) is 24.9. The molecule has 0 aliphatic rings. The van der Waals surface area contributed by atoms with E-state index in [1.165, 1.54) is 22.8 Å². The molecule has 8 rings (SSSR count). The number of halogens is 6. The van der Waals surface area contributed by atoms with Gasteiger partial charge >= 0.3 is 12.4 Å². The third-order valence-electron chi connectivity index (χ3n) is 9.27. The molecule has 52 heavy (non-hydrogen) atoms. The van der Waals surface area contributed by atoms with Crippen LogP contribution in [0.5, 0.6) is 0 Å². The van der Waals surface area contributed by atoms with Gasteiger partial charge in [-0.05, 0) is 60.7 Å². The Hall–Kier alpha value is -7.03. The van der Waals surface area contributed by atoms with E-state index in [1.807, 2.05) is 0 Å². The zero-order valence-corrected chi connectivity index (χ0v) is 26.5. The summed E-state index contributed by atoms with van der Waals surface area (Å²) in [5.74, 6) is 0. The second-order valence-corrected chi connectivity index (χ2v) is 12.1. The molecule has 250 valence electrons. The van der Waals surface area contributed by atoms with Gasteiger partial charge < -0.3 is 9.13 Å². The van der Waals surface area contributed by atoms with Gasteiger partial charge in [0.15, 0.2) is 0 Å². The Morgan fingerprint density at radius 3 is 1.37 bits per heavy atom. The van der Waals surface area contributed by atoms with Crippen LogP contribution in [0.25, 0.3) is 66.1 Å². The maximum atomic E-state index is 14.9. The molecule has 0 bridgehead atoms. The third kappa shape index (κ3) is 4.85. The standard InChI is InChI=1S/C41H19F6N5/c42-40(43,44)31-8-5-9-32(41(45,46)47)39(31)30-19-35(51-33-10-3-1-6-26(33)28-14-12-23(20-48)16-36(28)51)25(22-50)18-38(30)52-34-11-4-2-7-27(34)29-15-13-24(21-49)17-37(29)52/h1-19H. The van der Waals surface area contributed by atoms with Crippen molar-refractivity contribution in [2.45, 2.75) is 12.4 Å². The van der Waals surface area contributed by atoms with Crippen LogP contribution in [0.15, 0.2) is 115 Å². The van der Waals surface area contributed by atoms with Crippen molar-refractivity contribution in [3.63, 3.8) is 0 Å². The predicted molar refractivity (Wildman–Crippen MR) is 185 cm³/mol. The minimum atomic E-state index is -5.22. The molecule has 0 aliphatic carbocycles. The van der Waals surface area contributed by atoms with Gasteiger partial charge in [0.05, 0.1) is 73.4 Å². The summed E-state index contributed by atoms with van der Waals surface area (Å²) in [6.45, 7) is 0. The summed E-state index contributed by atoms with van der Waals surface area (Å²) >= 11 is 0. The van der Waals surface area contributed by atoms with E-state index in [2.05, 4.69) is 18.2 Å². The molecule has 8 aromatic rings. The van der Waals surface area contributed by atoms with E-state index in [9.17, 15) is 42.1 Å². The highest BCUT2D eigenvalue weighted by molar-refractivity contribution is 6.11. The van der Waals surface area contributed by atoms with Crippen LogP contribution in [0.1, 0.15) is 27.8 Å². The Labute approximate surface area is 290 Å². The van der Waals surface area contributed by atoms with Crippen LogP contribution in [0, 0.1) is 34.0 Å². The number of hydrogen-bond acceptors (Lipinski definition) is 3. The summed E-state index contributed by atoms with van der Waals surface area (Å²) in [4.78, 5) is 0. The van der Waals surface area contributed by atoms with Gasteiger partial charge in [-0.25, -0.2) is 0 Å². The topological polar surface area (TPSA) is 81.2 Å². The summed E-state index contributed by atoms with van der Waals surface area (Å²) in [5.41, 5.74) is -2.65. The van der Waals surface area contributed by atoms with Crippen LogP contribution in [-0.4, -0.2) is 9.13 Å². The molecule has 0 aliphatic heterocycles. The van der Waals surface area contributed by atoms with Crippen LogP contribution in [-0.2, 0) is 12.4 Å². The zero-order valence-electron chi connectivity index (χ0n) is 26.5. The fraction of sp³-hybridized carbons (Fsp3) is 0.0488. The number of benzene rings is 6. The second-order valence-electron chi connectivity index (χ2n) is 12.1. The van der Waals surface area contributed by atoms with Gasteiger partial charge in [0.25, 0.3) is 0 Å². The number of alkyl halides is 6. The fourth-order valence-electron chi connectivity index (χ4n) is 7.15. The van der Waals surface area contributed by atoms with Crippen molar-refractivity contribution >= 4 is 43.6 Å². The molecule has 0 N–H and O–H groups in total. The molecular weight excluding hydrogens is 676 g/mol. The monoisotopic (exact) mass is 695 g/mol. The number of rotatable bonds is 3. The Kier molecular flexibility index (Phi) is 7.13. The van der Waals surface area contributed by atoms with Crippen LogP contribution in [0.2, 0.25) is 0 Å². The van der Waals surface area contributed by atoms with Crippen molar-refractivity contribution in [2.24, 2.45) is 0 Å². The first-order valence-corrected chi connectivity index (χ1v) is 15.7. The Balaban J connectivity index is 1.62. The Morgan fingerprint density at radius 1 is 0.442 bits per heavy atom. The first kappa shape index (κ1) is 32.2. The lowest BCUT2D eigenvalue weighted by Gasteiger charge is -2.24. The van der Waals surface area contributed by atoms with Crippen molar-refractivity contribution in [3.05, 3.63) is 143 Å². The van der Waals surface area contributed by atoms with Crippen molar-refractivity contribution < 1.29 is 26.3 Å². The largest absolute Gasteiger partial charge is 0.417 e. The molecule has 2 aromatic heterocycles. The number of fused-ring (bicyclic) bond motifs is 6. The van der Waals surface area contributed by atoms with E-state index in [1.54, 1.807) is 83.4 Å². The molecule has 0 atom stereocenters. The van der Waals surface area contributed by atoms with Gasteiger partial charge in [0.1, 0.15) is 6.07 Å². The van der Waals surface area contributed by atoms with Gasteiger partial charge in [-0.2, -0.15) is 42.1 Å². The van der Waals surface area contributed by atoms with Crippen LogP contribution < -0.4 is 0 Å². The Bertz CT molecular complexity index is 2890. The summed E-state index contributed by atoms with van der Waals surface area (Å²) in [5, 5.41) is 32.8. The molecule has 11 heteroatoms. The average molecular weight is 696 g/mol. The average Bonchev–Trinajstić information content (AvgIpc) is 3.65. The van der Waals surface area contributed by atoms with E-state index < -0.39 is 34.6 Å². The molecule has 6 aromatic carbocycles. The van der Waals surface area contributed by atoms with Crippen molar-refractivity contribution in [2.75, 3.05) is 0 Å². The normalized spacial score (nSPS) is 12.0. The minimum absolute atomic E-state index is 0.00567. The summed E-state index contributed by atoms with van der Waals surface area (Å²) in [6.07, 6.45) is -10.4. The van der Waals surface area contributed by atoms with E-state index in [-0.39, 0.29) is 28.1 Å². The van der Waals surface area contributed by atoms with Crippen molar-refractivity contribution in [3.8, 4) is 40.7 Å². The number of hydrogen-bond donors (Lipinski definition) is 0. The highest BCUT2D eigenvalue weighted by Gasteiger charge is 2.42. The number of aromatic nitrogens is 2. The van der Waals surface area contributed by atoms with E-state index in [0.29, 0.717) is 55.7 Å². The molecule has 2 heterocycles. The molecule has 0 spiro atoms. The molecule has 5 nitrogen and oxygen atoms in total. The summed E-state index contributed by atoms with van der Waals surface area (Å²) in [7, 11) is 0. The molecule has 0 fully saturated rings. The molecule has 0 unspecified atom stereocenters. The lowest BCUT2D eigenvalue weighted by Crippen LogP contribution is -2.15. The molecule has 0 amide bonds. The van der Waals surface area contributed by atoms with Gasteiger partial charge in [-0.1, -0.05) is 54.6 Å². The number of para-hydroxylation sites is 2. The third-order valence-corrected chi connectivity index (χ3v) is 9.27. The predicted octanol–water partition coefficient (Wildman–Crippen LogP) is 11.2. The van der Waals surface area contributed by atoms with E-state index >= 15 is 0 Å². The summed E-state index contributed by atoms with van der Waals surface area (Å²) < 4.78 is 92.5. The highest BCUT2D eigenvalue weighted by Crippen LogP contribution is 2.48. The van der Waals surface area contributed by atoms with E-state index in [0.717, 1.165) is 6.07 Å². The zero-order chi connectivity index (χ0) is 36.5. The Morgan fingerprint density at radius 2 is 0.904 bits per heavy atom. The van der Waals surface area contributed by atoms with Crippen LogP contribution >= 0.6 is 0 Å². The van der Waals surface area contributed by atoms with Gasteiger partial charge in [0, 0.05) is 32.7 Å². The lowest BCUT2D eigenvalue weighted by molar-refractivity contribution is -0.142. The van der Waals surface area contributed by atoms with Gasteiger partial charge in [0.2, 0.25) is 0 Å². The van der Waals surface area contributed by atoms with Gasteiger partial charge in [-0.15, -0.1) is 0 Å². The maximum absolute atomic E-state index is 14.9. The quantitative estimate of drug-likeness (QED) is 0.173. The fourth-order valence-corrected chi connectivity index (χ4v) is 7.15. The number of nitriles is 3. The van der Waals surface area contributed by atoms with Crippen molar-refractivity contribution in [1.29, 1.82) is 15.8 Å². The molecular formula is C41H19F6N5. The minimum Gasteiger partial charge on any atom is -0.309 e. The van der Waals surface area contributed by atoms with Crippen molar-refractivity contribution in [1.82, 2.24) is 9.13 Å². The smallest absolute Gasteiger partial charge is 0.309 e. The van der Waals surface area contributed by atoms with E-state index in [4.69, 9.17) is 0 Å². The SMILES string of the molecule is N#Cc1ccc2c3ccccc3n(-c3cc(-c4c(C(F)(F)F)cccc4C(F)(F)F)c(-n4c5ccccc5c5ccc(C#N)cc54)cc3C#N)c2c1. The second kappa shape index (κ2) is 11.5. The van der Waals surface area contributed by atoms with Crippen LogP contribution in [0.3, 0.4) is 0 Å². The number of nitrogens with zero attached hydrogens (tertiary/aromatic N) is 5. The molecule has 0 saturated heterocycles. The van der Waals surface area contributed by atoms with Gasteiger partial charge in [-0.3, -0.25) is 0 Å². The molecule has 0 saturated carbocycles.